The van der Waals surface area contributed by atoms with Crippen molar-refractivity contribution >= 4 is 6.29 Å². The SMILES string of the molecule is OC[C@@H](O)[C@H]1OC[C@H](O)[C@H]1O.[CH2-]COCCCCCCCCCCCCCCCCCC=O.[Na+]. The van der Waals surface area contributed by atoms with Crippen molar-refractivity contribution in [3.8, 4) is 0 Å². The minimum atomic E-state index is -1.12. The van der Waals surface area contributed by atoms with Gasteiger partial charge in [0, 0.05) is 13.0 Å². The van der Waals surface area contributed by atoms with Gasteiger partial charge in [-0.05, 0) is 12.8 Å². The molecule has 0 bridgehead atoms. The fraction of sp³-hybridized carbons (Fsp3) is 0.923. The van der Waals surface area contributed by atoms with E-state index in [4.69, 9.17) is 29.9 Å². The molecule has 0 radical (unpaired) electrons. The standard InChI is InChI=1S/C20H39O2.C6H12O5.Na/c1-2-22-20-18-16-14-12-10-8-6-4-3-5-7-9-11-13-15-17-19-21;7-1-3(8)6-5(10)4(9)2-11-6;/h19H,1-18,20H2;3-10H,1-2H2;/q-1;;+1/t;3-,4+,5-,6-;/m.1./s1. The first-order valence-electron chi connectivity index (χ1n) is 13.2. The number of aliphatic hydroxyl groups excluding tert-OH is 4. The van der Waals surface area contributed by atoms with Gasteiger partial charge in [-0.25, -0.2) is 0 Å². The molecule has 7 nitrogen and oxygen atoms in total. The van der Waals surface area contributed by atoms with E-state index in [1.54, 1.807) is 0 Å². The molecule has 4 N–H and O–H groups in total. The van der Waals surface area contributed by atoms with Crippen molar-refractivity contribution in [2.75, 3.05) is 26.4 Å². The summed E-state index contributed by atoms with van der Waals surface area (Å²) >= 11 is 0. The third-order valence-electron chi connectivity index (χ3n) is 6.01. The van der Waals surface area contributed by atoms with Crippen LogP contribution >= 0.6 is 0 Å². The molecule has 0 aromatic rings. The molecule has 1 rings (SSSR count). The minimum Gasteiger partial charge on any atom is -0.413 e. The Balaban J connectivity index is 0. The first kappa shape index (κ1) is 36.6. The Morgan fingerprint density at radius 3 is 1.65 bits per heavy atom. The van der Waals surface area contributed by atoms with Gasteiger partial charge in [-0.15, -0.1) is 0 Å². The van der Waals surface area contributed by atoms with E-state index >= 15 is 0 Å². The largest absolute Gasteiger partial charge is 1.00 e. The first-order chi connectivity index (χ1) is 16.1. The number of carbonyl (C=O) groups excluding carboxylic acids is 1. The predicted molar refractivity (Wildman–Crippen MR) is 131 cm³/mol. The van der Waals surface area contributed by atoms with Gasteiger partial charge in [0.05, 0.1) is 13.2 Å². The maximum Gasteiger partial charge on any atom is 1.00 e. The summed E-state index contributed by atoms with van der Waals surface area (Å²) in [4.78, 5) is 10.2. The molecule has 8 heteroatoms. The Labute approximate surface area is 230 Å². The topological polar surface area (TPSA) is 116 Å². The van der Waals surface area contributed by atoms with Crippen molar-refractivity contribution in [1.29, 1.82) is 0 Å². The minimum absolute atomic E-state index is 0. The third kappa shape index (κ3) is 21.7. The van der Waals surface area contributed by atoms with E-state index in [1.807, 2.05) is 0 Å². The van der Waals surface area contributed by atoms with E-state index < -0.39 is 31.0 Å². The van der Waals surface area contributed by atoms with Crippen molar-refractivity contribution in [3.63, 3.8) is 0 Å². The molecule has 1 heterocycles. The van der Waals surface area contributed by atoms with E-state index in [-0.39, 0.29) is 36.2 Å². The first-order valence-corrected chi connectivity index (χ1v) is 13.2. The number of rotatable bonds is 21. The van der Waals surface area contributed by atoms with Crippen LogP contribution in [0.25, 0.3) is 0 Å². The zero-order chi connectivity index (χ0) is 24.6. The Bertz CT molecular complexity index is 415. The van der Waals surface area contributed by atoms with Gasteiger partial charge in [-0.1, -0.05) is 90.1 Å². The Kier molecular flexibility index (Phi) is 30.1. The van der Waals surface area contributed by atoms with Gasteiger partial charge in [-0.3, -0.25) is 0 Å². The van der Waals surface area contributed by atoms with Gasteiger partial charge in [0.2, 0.25) is 0 Å². The number of ether oxygens (including phenoxy) is 2. The Morgan fingerprint density at radius 2 is 1.29 bits per heavy atom. The number of aliphatic hydroxyl groups is 4. The predicted octanol–water partition coefficient (Wildman–Crippen LogP) is 0.742. The molecule has 0 aromatic heterocycles. The maximum absolute atomic E-state index is 10.2. The average molecular weight is 499 g/mol. The maximum atomic E-state index is 10.2. The van der Waals surface area contributed by atoms with Crippen LogP contribution < -0.4 is 29.6 Å². The summed E-state index contributed by atoms with van der Waals surface area (Å²) in [6.07, 6.45) is 17.9. The summed E-state index contributed by atoms with van der Waals surface area (Å²) < 4.78 is 10.1. The average Bonchev–Trinajstić information content (AvgIpc) is 3.16. The van der Waals surface area contributed by atoms with Crippen molar-refractivity contribution < 1.29 is 64.3 Å². The van der Waals surface area contributed by atoms with E-state index in [0.717, 1.165) is 25.7 Å². The third-order valence-corrected chi connectivity index (χ3v) is 6.01. The van der Waals surface area contributed by atoms with Crippen molar-refractivity contribution in [2.24, 2.45) is 0 Å². The molecule has 0 aliphatic carbocycles. The fourth-order valence-electron chi connectivity index (χ4n) is 3.90. The van der Waals surface area contributed by atoms with Crippen LogP contribution in [-0.2, 0) is 14.3 Å². The Hall–Kier alpha value is 0.430. The van der Waals surface area contributed by atoms with Crippen LogP contribution in [0.3, 0.4) is 0 Å². The zero-order valence-electron chi connectivity index (χ0n) is 21.7. The molecule has 0 spiro atoms. The van der Waals surface area contributed by atoms with Gasteiger partial charge in [0.25, 0.3) is 0 Å². The van der Waals surface area contributed by atoms with Gasteiger partial charge in [0.15, 0.2) is 0 Å². The number of carbonyl (C=O) groups is 1. The van der Waals surface area contributed by atoms with Crippen LogP contribution in [0.1, 0.15) is 103 Å². The molecule has 1 aliphatic heterocycles. The molecule has 0 saturated carbocycles. The second kappa shape index (κ2) is 28.0. The molecular formula is C26H51NaO7. The molecule has 1 fully saturated rings. The number of hydrogen-bond donors (Lipinski definition) is 4. The number of unbranched alkanes of at least 4 members (excludes halogenated alkanes) is 15. The van der Waals surface area contributed by atoms with Crippen LogP contribution in [0, 0.1) is 6.92 Å². The molecule has 1 aliphatic rings. The van der Waals surface area contributed by atoms with Gasteiger partial charge >= 0.3 is 29.6 Å². The van der Waals surface area contributed by atoms with Crippen molar-refractivity contribution in [2.45, 2.75) is 127 Å². The van der Waals surface area contributed by atoms with Gasteiger partial charge in [0.1, 0.15) is 30.7 Å². The summed E-state index contributed by atoms with van der Waals surface area (Å²) in [6.45, 7) is 4.69. The normalized spacial score (nSPS) is 20.3. The van der Waals surface area contributed by atoms with Crippen LogP contribution in [0.2, 0.25) is 0 Å². The molecule has 0 aromatic carbocycles. The Morgan fingerprint density at radius 1 is 0.853 bits per heavy atom. The molecule has 0 unspecified atom stereocenters. The molecular weight excluding hydrogens is 447 g/mol. The monoisotopic (exact) mass is 498 g/mol. The molecule has 198 valence electrons. The molecule has 0 amide bonds. The van der Waals surface area contributed by atoms with Crippen LogP contribution in [0.15, 0.2) is 0 Å². The summed E-state index contributed by atoms with van der Waals surface area (Å²) in [5, 5.41) is 35.5. The molecule has 34 heavy (non-hydrogen) atoms. The quantitative estimate of drug-likeness (QED) is 0.0798. The van der Waals surface area contributed by atoms with Crippen LogP contribution in [-0.4, -0.2) is 77.6 Å². The smallest absolute Gasteiger partial charge is 0.413 e. The van der Waals surface area contributed by atoms with Crippen LogP contribution in [0.5, 0.6) is 0 Å². The van der Waals surface area contributed by atoms with E-state index in [9.17, 15) is 4.79 Å². The van der Waals surface area contributed by atoms with E-state index in [2.05, 4.69) is 6.92 Å². The summed E-state index contributed by atoms with van der Waals surface area (Å²) in [5.74, 6) is 0. The van der Waals surface area contributed by atoms with E-state index in [1.165, 1.54) is 89.9 Å². The van der Waals surface area contributed by atoms with Crippen molar-refractivity contribution in [3.05, 3.63) is 6.92 Å². The van der Waals surface area contributed by atoms with Crippen molar-refractivity contribution in [1.82, 2.24) is 0 Å². The van der Waals surface area contributed by atoms with Gasteiger partial charge in [-0.2, -0.15) is 0 Å². The summed E-state index contributed by atoms with van der Waals surface area (Å²) in [7, 11) is 0. The van der Waals surface area contributed by atoms with E-state index in [0.29, 0.717) is 6.61 Å². The summed E-state index contributed by atoms with van der Waals surface area (Å²) in [5.41, 5.74) is 0. The molecule has 4 atom stereocenters. The van der Waals surface area contributed by atoms with Gasteiger partial charge < -0.3 is 41.6 Å². The summed E-state index contributed by atoms with van der Waals surface area (Å²) in [6, 6.07) is 0. The molecule has 1 saturated heterocycles. The second-order valence-electron chi connectivity index (χ2n) is 8.98. The number of aldehydes is 1. The second-order valence-corrected chi connectivity index (χ2v) is 8.98. The number of hydrogen-bond acceptors (Lipinski definition) is 7. The van der Waals surface area contributed by atoms with Crippen LogP contribution in [0.4, 0.5) is 0 Å². The zero-order valence-corrected chi connectivity index (χ0v) is 23.7. The fourth-order valence-corrected chi connectivity index (χ4v) is 3.90.